The van der Waals surface area contributed by atoms with Crippen molar-refractivity contribution in [3.05, 3.63) is 64.6 Å². The summed E-state index contributed by atoms with van der Waals surface area (Å²) in [6.07, 6.45) is 3.71. The predicted molar refractivity (Wildman–Crippen MR) is 116 cm³/mol. The number of benzene rings is 2. The van der Waals surface area contributed by atoms with Gasteiger partial charge < -0.3 is 4.90 Å². The van der Waals surface area contributed by atoms with Gasteiger partial charge in [0.2, 0.25) is 5.91 Å². The second-order valence-corrected chi connectivity index (χ2v) is 7.15. The number of alkyl halides is 1. The molecular formula is C21H27Br2NO. The number of halogens is 2. The van der Waals surface area contributed by atoms with Gasteiger partial charge in [-0.25, -0.2) is 0 Å². The predicted octanol–water partition coefficient (Wildman–Crippen LogP) is 6.62. The quantitative estimate of drug-likeness (QED) is 0.315. The molecule has 1 amide bonds. The van der Waals surface area contributed by atoms with E-state index in [1.54, 1.807) is 0 Å². The molecule has 0 saturated carbocycles. The first kappa shape index (κ1) is 21.9. The first-order valence-corrected chi connectivity index (χ1v) is 10.8. The lowest BCUT2D eigenvalue weighted by molar-refractivity contribution is -0.118. The van der Waals surface area contributed by atoms with E-state index in [9.17, 15) is 4.79 Å². The summed E-state index contributed by atoms with van der Waals surface area (Å²) in [7, 11) is 0. The van der Waals surface area contributed by atoms with Crippen molar-refractivity contribution in [1.82, 2.24) is 0 Å². The van der Waals surface area contributed by atoms with Gasteiger partial charge in [-0.2, -0.15) is 0 Å². The van der Waals surface area contributed by atoms with Crippen molar-refractivity contribution in [3.63, 3.8) is 0 Å². The molecule has 136 valence electrons. The van der Waals surface area contributed by atoms with Gasteiger partial charge >= 0.3 is 0 Å². The fraction of sp³-hybridized carbons (Fsp3) is 0.381. The summed E-state index contributed by atoms with van der Waals surface area (Å²) in [5, 5.41) is 1.02. The maximum Gasteiger partial charge on any atom is 0.231 e. The highest BCUT2D eigenvalue weighted by Gasteiger charge is 2.15. The third-order valence-corrected chi connectivity index (χ3v) is 4.68. The van der Waals surface area contributed by atoms with Crippen molar-refractivity contribution in [2.45, 2.75) is 39.5 Å². The first-order chi connectivity index (χ1) is 12.2. The SMILES string of the molecule is CC.O=C(Cc1cccc(Br)c1)N(CCCCCBr)c1ccccc1. The van der Waals surface area contributed by atoms with Gasteiger partial charge in [0.1, 0.15) is 0 Å². The number of rotatable bonds is 8. The average Bonchev–Trinajstić information content (AvgIpc) is 2.64. The lowest BCUT2D eigenvalue weighted by Gasteiger charge is -2.23. The van der Waals surface area contributed by atoms with Crippen LogP contribution in [-0.4, -0.2) is 17.8 Å². The van der Waals surface area contributed by atoms with E-state index in [4.69, 9.17) is 0 Å². The summed E-state index contributed by atoms with van der Waals surface area (Å²) >= 11 is 6.92. The van der Waals surface area contributed by atoms with Crippen LogP contribution in [0, 0.1) is 0 Å². The van der Waals surface area contributed by atoms with Gasteiger partial charge in [0, 0.05) is 22.0 Å². The minimum atomic E-state index is 0.146. The number of carbonyl (C=O) groups is 1. The largest absolute Gasteiger partial charge is 0.312 e. The second-order valence-electron chi connectivity index (χ2n) is 5.44. The molecule has 0 saturated heterocycles. The molecule has 2 nitrogen and oxygen atoms in total. The Morgan fingerprint density at radius 3 is 2.32 bits per heavy atom. The zero-order chi connectivity index (χ0) is 18.5. The van der Waals surface area contributed by atoms with Gasteiger partial charge in [-0.15, -0.1) is 0 Å². The molecule has 0 unspecified atom stereocenters. The number of nitrogens with zero attached hydrogens (tertiary/aromatic N) is 1. The van der Waals surface area contributed by atoms with Crippen LogP contribution in [0.3, 0.4) is 0 Å². The van der Waals surface area contributed by atoms with E-state index in [0.717, 1.165) is 46.9 Å². The van der Waals surface area contributed by atoms with Crippen molar-refractivity contribution >= 4 is 43.5 Å². The number of carbonyl (C=O) groups excluding carboxylic acids is 1. The van der Waals surface area contributed by atoms with Gasteiger partial charge in [0.05, 0.1) is 6.42 Å². The normalized spacial score (nSPS) is 9.92. The Morgan fingerprint density at radius 2 is 1.68 bits per heavy atom. The standard InChI is InChI=1S/C19H21Br2NO.C2H6/c20-12-5-2-6-13-22(18-10-3-1-4-11-18)19(23)15-16-8-7-9-17(21)14-16;1-2/h1,3-4,7-11,14H,2,5-6,12-13,15H2;1-2H3. The molecule has 25 heavy (non-hydrogen) atoms. The van der Waals surface area contributed by atoms with Crippen LogP contribution in [0.4, 0.5) is 5.69 Å². The van der Waals surface area contributed by atoms with E-state index in [1.807, 2.05) is 73.3 Å². The van der Waals surface area contributed by atoms with E-state index in [0.29, 0.717) is 6.42 Å². The Kier molecular flexibility index (Phi) is 11.5. The Labute approximate surface area is 168 Å². The highest BCUT2D eigenvalue weighted by atomic mass is 79.9. The molecule has 0 atom stereocenters. The van der Waals surface area contributed by atoms with Crippen molar-refractivity contribution in [1.29, 1.82) is 0 Å². The number of anilines is 1. The third kappa shape index (κ3) is 8.19. The van der Waals surface area contributed by atoms with Crippen LogP contribution < -0.4 is 4.90 Å². The molecule has 2 aromatic carbocycles. The van der Waals surface area contributed by atoms with E-state index < -0.39 is 0 Å². The molecule has 0 aliphatic rings. The number of amides is 1. The second kappa shape index (κ2) is 13.1. The summed E-state index contributed by atoms with van der Waals surface area (Å²) < 4.78 is 1.01. The summed E-state index contributed by atoms with van der Waals surface area (Å²) in [5.41, 5.74) is 2.01. The van der Waals surface area contributed by atoms with Gasteiger partial charge in [-0.05, 0) is 42.7 Å². The number of hydrogen-bond donors (Lipinski definition) is 0. The van der Waals surface area contributed by atoms with E-state index in [1.165, 1.54) is 0 Å². The Balaban J connectivity index is 0.00000151. The zero-order valence-corrected chi connectivity index (χ0v) is 18.2. The number of hydrogen-bond acceptors (Lipinski definition) is 1. The zero-order valence-electron chi connectivity index (χ0n) is 15.1. The highest BCUT2D eigenvalue weighted by Crippen LogP contribution is 2.18. The Morgan fingerprint density at radius 1 is 0.960 bits per heavy atom. The molecule has 0 aliphatic heterocycles. The Hall–Kier alpha value is -1.13. The Bertz CT molecular complexity index is 616. The van der Waals surface area contributed by atoms with Crippen molar-refractivity contribution in [2.75, 3.05) is 16.8 Å². The van der Waals surface area contributed by atoms with E-state index >= 15 is 0 Å². The maximum absolute atomic E-state index is 12.8. The number of unbranched alkanes of at least 4 members (excludes halogenated alkanes) is 2. The van der Waals surface area contributed by atoms with Gasteiger partial charge in [0.25, 0.3) is 0 Å². The maximum atomic E-state index is 12.8. The number of para-hydroxylation sites is 1. The van der Waals surface area contributed by atoms with Gasteiger partial charge in [-0.1, -0.05) is 82.5 Å². The van der Waals surface area contributed by atoms with E-state index in [2.05, 4.69) is 31.9 Å². The van der Waals surface area contributed by atoms with Crippen LogP contribution in [0.1, 0.15) is 38.7 Å². The summed E-state index contributed by atoms with van der Waals surface area (Å²) in [4.78, 5) is 14.7. The molecule has 0 fully saturated rings. The molecular weight excluding hydrogens is 442 g/mol. The molecule has 0 aromatic heterocycles. The lowest BCUT2D eigenvalue weighted by atomic mass is 10.1. The molecule has 0 N–H and O–H groups in total. The smallest absolute Gasteiger partial charge is 0.231 e. The molecule has 0 heterocycles. The molecule has 2 aromatic rings. The molecule has 4 heteroatoms. The fourth-order valence-corrected chi connectivity index (χ4v) is 3.31. The average molecular weight is 469 g/mol. The molecule has 0 radical (unpaired) electrons. The van der Waals surface area contributed by atoms with Gasteiger partial charge in [-0.3, -0.25) is 4.79 Å². The van der Waals surface area contributed by atoms with Crippen molar-refractivity contribution in [2.24, 2.45) is 0 Å². The first-order valence-electron chi connectivity index (χ1n) is 8.86. The lowest BCUT2D eigenvalue weighted by Crippen LogP contribution is -2.33. The van der Waals surface area contributed by atoms with E-state index in [-0.39, 0.29) is 5.91 Å². The van der Waals surface area contributed by atoms with Crippen LogP contribution in [0.5, 0.6) is 0 Å². The summed E-state index contributed by atoms with van der Waals surface area (Å²) in [5.74, 6) is 0.146. The summed E-state index contributed by atoms with van der Waals surface area (Å²) in [6, 6.07) is 17.9. The third-order valence-electron chi connectivity index (χ3n) is 3.63. The molecule has 2 rings (SSSR count). The fourth-order valence-electron chi connectivity index (χ4n) is 2.46. The van der Waals surface area contributed by atoms with Crippen LogP contribution in [0.15, 0.2) is 59.1 Å². The topological polar surface area (TPSA) is 20.3 Å². The van der Waals surface area contributed by atoms with Crippen LogP contribution in [0.25, 0.3) is 0 Å². The van der Waals surface area contributed by atoms with Crippen molar-refractivity contribution in [3.8, 4) is 0 Å². The monoisotopic (exact) mass is 467 g/mol. The van der Waals surface area contributed by atoms with Crippen LogP contribution in [-0.2, 0) is 11.2 Å². The van der Waals surface area contributed by atoms with Crippen LogP contribution >= 0.6 is 31.9 Å². The van der Waals surface area contributed by atoms with Crippen LogP contribution in [0.2, 0.25) is 0 Å². The minimum absolute atomic E-state index is 0.146. The molecule has 0 aliphatic carbocycles. The molecule has 0 bridgehead atoms. The minimum Gasteiger partial charge on any atom is -0.312 e. The summed E-state index contributed by atoms with van der Waals surface area (Å²) in [6.45, 7) is 4.77. The van der Waals surface area contributed by atoms with Gasteiger partial charge in [0.15, 0.2) is 0 Å². The molecule has 0 spiro atoms. The van der Waals surface area contributed by atoms with Crippen molar-refractivity contribution < 1.29 is 4.79 Å². The highest BCUT2D eigenvalue weighted by molar-refractivity contribution is 9.10.